The summed E-state index contributed by atoms with van der Waals surface area (Å²) in [6.07, 6.45) is 3.17. The second-order valence-electron chi connectivity index (χ2n) is 6.81. The fourth-order valence-corrected chi connectivity index (χ4v) is 4.75. The van der Waals surface area contributed by atoms with Gasteiger partial charge in [-0.15, -0.1) is 23.7 Å². The molecular weight excluding hydrogens is 387 g/mol. The van der Waals surface area contributed by atoms with Crippen LogP contribution in [0.15, 0.2) is 30.3 Å². The SMILES string of the molecule is Cc1nn(-c2ccc(F)cc2)c2sc(C(=O)NC3CCCC3CN)cc12.Cl. The molecule has 0 bridgehead atoms. The molecular formula is C19H22ClFN4OS. The van der Waals surface area contributed by atoms with Gasteiger partial charge in [-0.2, -0.15) is 5.10 Å². The molecule has 27 heavy (non-hydrogen) atoms. The smallest absolute Gasteiger partial charge is 0.261 e. The van der Waals surface area contributed by atoms with Crippen LogP contribution in [0.4, 0.5) is 4.39 Å². The lowest BCUT2D eigenvalue weighted by Gasteiger charge is -2.18. The third-order valence-electron chi connectivity index (χ3n) is 5.12. The van der Waals surface area contributed by atoms with Gasteiger partial charge in [0.2, 0.25) is 0 Å². The van der Waals surface area contributed by atoms with Gasteiger partial charge in [0, 0.05) is 11.4 Å². The van der Waals surface area contributed by atoms with E-state index in [1.807, 2.05) is 13.0 Å². The molecule has 1 saturated carbocycles. The first kappa shape index (κ1) is 19.8. The Morgan fingerprint density at radius 2 is 2.11 bits per heavy atom. The molecule has 144 valence electrons. The summed E-state index contributed by atoms with van der Waals surface area (Å²) in [6, 6.07) is 8.24. The lowest BCUT2D eigenvalue weighted by molar-refractivity contribution is 0.0933. The summed E-state index contributed by atoms with van der Waals surface area (Å²) < 4.78 is 15.0. The van der Waals surface area contributed by atoms with Crippen LogP contribution in [-0.2, 0) is 0 Å². The van der Waals surface area contributed by atoms with Crippen LogP contribution in [0.25, 0.3) is 15.9 Å². The van der Waals surface area contributed by atoms with Gasteiger partial charge in [-0.25, -0.2) is 9.07 Å². The first-order chi connectivity index (χ1) is 12.6. The van der Waals surface area contributed by atoms with Crippen LogP contribution in [0.3, 0.4) is 0 Å². The minimum atomic E-state index is -0.286. The van der Waals surface area contributed by atoms with Gasteiger partial charge in [-0.05, 0) is 62.6 Å². The summed E-state index contributed by atoms with van der Waals surface area (Å²) in [6.45, 7) is 2.52. The highest BCUT2D eigenvalue weighted by atomic mass is 35.5. The van der Waals surface area contributed by atoms with Crippen molar-refractivity contribution < 1.29 is 9.18 Å². The molecule has 5 nitrogen and oxygen atoms in total. The topological polar surface area (TPSA) is 72.9 Å². The van der Waals surface area contributed by atoms with Crippen LogP contribution in [0.1, 0.15) is 34.6 Å². The number of carbonyl (C=O) groups is 1. The molecule has 1 aromatic carbocycles. The highest BCUT2D eigenvalue weighted by Gasteiger charge is 2.28. The van der Waals surface area contributed by atoms with Crippen molar-refractivity contribution >= 4 is 39.9 Å². The quantitative estimate of drug-likeness (QED) is 0.689. The Kier molecular flexibility index (Phi) is 5.83. The van der Waals surface area contributed by atoms with E-state index in [4.69, 9.17) is 5.73 Å². The molecule has 2 aromatic heterocycles. The molecule has 1 amide bonds. The summed E-state index contributed by atoms with van der Waals surface area (Å²) in [4.78, 5) is 14.3. The van der Waals surface area contributed by atoms with Crippen LogP contribution < -0.4 is 11.1 Å². The van der Waals surface area contributed by atoms with Crippen molar-refractivity contribution in [2.24, 2.45) is 11.7 Å². The Hall–Kier alpha value is -1.96. The van der Waals surface area contributed by atoms with Crippen LogP contribution in [0, 0.1) is 18.7 Å². The summed E-state index contributed by atoms with van der Waals surface area (Å²) in [5, 5.41) is 8.63. The molecule has 0 aliphatic heterocycles. The van der Waals surface area contributed by atoms with Gasteiger partial charge in [-0.3, -0.25) is 4.79 Å². The molecule has 2 unspecified atom stereocenters. The van der Waals surface area contributed by atoms with Gasteiger partial charge in [0.1, 0.15) is 10.6 Å². The van der Waals surface area contributed by atoms with E-state index in [-0.39, 0.29) is 30.2 Å². The first-order valence-corrected chi connectivity index (χ1v) is 9.64. The maximum atomic E-state index is 13.2. The van der Waals surface area contributed by atoms with Gasteiger partial charge >= 0.3 is 0 Å². The average Bonchev–Trinajstić information content (AvgIpc) is 3.32. The Labute approximate surface area is 167 Å². The summed E-state index contributed by atoms with van der Waals surface area (Å²) in [5.74, 6) is 0.0255. The third kappa shape index (κ3) is 3.72. The summed E-state index contributed by atoms with van der Waals surface area (Å²) in [5.41, 5.74) is 7.43. The number of benzene rings is 1. The number of aryl methyl sites for hydroxylation is 1. The predicted octanol–water partition coefficient (Wildman–Crippen LogP) is 3.81. The molecule has 8 heteroatoms. The van der Waals surface area contributed by atoms with Crippen LogP contribution in [0.2, 0.25) is 0 Å². The Morgan fingerprint density at radius 3 is 2.81 bits per heavy atom. The fraction of sp³-hybridized carbons (Fsp3) is 0.368. The molecule has 0 saturated heterocycles. The molecule has 0 radical (unpaired) electrons. The van der Waals surface area contributed by atoms with E-state index in [1.54, 1.807) is 16.8 Å². The Morgan fingerprint density at radius 1 is 1.37 bits per heavy atom. The number of halogens is 2. The van der Waals surface area contributed by atoms with Crippen molar-refractivity contribution in [1.82, 2.24) is 15.1 Å². The van der Waals surface area contributed by atoms with Gasteiger partial charge < -0.3 is 11.1 Å². The fourth-order valence-electron chi connectivity index (χ4n) is 3.66. The van der Waals surface area contributed by atoms with Crippen LogP contribution >= 0.6 is 23.7 Å². The zero-order chi connectivity index (χ0) is 18.3. The molecule has 1 fully saturated rings. The van der Waals surface area contributed by atoms with Crippen molar-refractivity contribution in [2.75, 3.05) is 6.54 Å². The van der Waals surface area contributed by atoms with Crippen molar-refractivity contribution in [2.45, 2.75) is 32.2 Å². The van der Waals surface area contributed by atoms with Crippen LogP contribution in [0.5, 0.6) is 0 Å². The van der Waals surface area contributed by atoms with Crippen molar-refractivity contribution in [1.29, 1.82) is 0 Å². The first-order valence-electron chi connectivity index (χ1n) is 8.83. The highest BCUT2D eigenvalue weighted by molar-refractivity contribution is 7.20. The summed E-state index contributed by atoms with van der Waals surface area (Å²) >= 11 is 1.41. The second kappa shape index (κ2) is 7.96. The van der Waals surface area contributed by atoms with Crippen molar-refractivity contribution in [3.05, 3.63) is 46.7 Å². The van der Waals surface area contributed by atoms with E-state index in [9.17, 15) is 9.18 Å². The minimum absolute atomic E-state index is 0. The molecule has 0 spiro atoms. The van der Waals surface area contributed by atoms with Gasteiger partial charge in [0.15, 0.2) is 0 Å². The van der Waals surface area contributed by atoms with Crippen LogP contribution in [-0.4, -0.2) is 28.3 Å². The van der Waals surface area contributed by atoms with E-state index in [0.717, 1.165) is 40.9 Å². The second-order valence-corrected chi connectivity index (χ2v) is 7.84. The number of fused-ring (bicyclic) bond motifs is 1. The molecule has 2 atom stereocenters. The number of hydrogen-bond acceptors (Lipinski definition) is 4. The van der Waals surface area contributed by atoms with E-state index >= 15 is 0 Å². The molecule has 4 rings (SSSR count). The molecule has 2 heterocycles. The Balaban J connectivity index is 0.00000210. The number of nitrogens with two attached hydrogens (primary N) is 1. The highest BCUT2D eigenvalue weighted by Crippen LogP contribution is 2.31. The molecule has 3 aromatic rings. The zero-order valence-corrected chi connectivity index (χ0v) is 16.6. The number of hydrogen-bond donors (Lipinski definition) is 2. The van der Waals surface area contributed by atoms with Crippen molar-refractivity contribution in [3.63, 3.8) is 0 Å². The number of amides is 1. The lowest BCUT2D eigenvalue weighted by atomic mass is 10.0. The molecule has 1 aliphatic rings. The number of carbonyl (C=O) groups excluding carboxylic acids is 1. The third-order valence-corrected chi connectivity index (χ3v) is 6.23. The van der Waals surface area contributed by atoms with E-state index in [2.05, 4.69) is 10.4 Å². The minimum Gasteiger partial charge on any atom is -0.348 e. The van der Waals surface area contributed by atoms with Crippen molar-refractivity contribution in [3.8, 4) is 5.69 Å². The Bertz CT molecular complexity index is 953. The maximum Gasteiger partial charge on any atom is 0.261 e. The molecule has 1 aliphatic carbocycles. The number of rotatable bonds is 4. The largest absolute Gasteiger partial charge is 0.348 e. The maximum absolute atomic E-state index is 13.2. The molecule has 3 N–H and O–H groups in total. The number of nitrogens with one attached hydrogen (secondary N) is 1. The van der Waals surface area contributed by atoms with Gasteiger partial charge in [0.25, 0.3) is 5.91 Å². The summed E-state index contributed by atoms with van der Waals surface area (Å²) in [7, 11) is 0. The number of aromatic nitrogens is 2. The average molecular weight is 409 g/mol. The van der Waals surface area contributed by atoms with Gasteiger partial charge in [0.05, 0.1) is 16.3 Å². The zero-order valence-electron chi connectivity index (χ0n) is 14.9. The van der Waals surface area contributed by atoms with Gasteiger partial charge in [-0.1, -0.05) is 6.42 Å². The predicted molar refractivity (Wildman–Crippen MR) is 109 cm³/mol. The van der Waals surface area contributed by atoms with E-state index in [1.165, 1.54) is 23.5 Å². The van der Waals surface area contributed by atoms with E-state index in [0.29, 0.717) is 17.3 Å². The number of thiophene rings is 1. The normalized spacial score (nSPS) is 19.2. The lowest BCUT2D eigenvalue weighted by Crippen LogP contribution is -2.39. The van der Waals surface area contributed by atoms with E-state index < -0.39 is 0 Å². The monoisotopic (exact) mass is 408 g/mol. The standard InChI is InChI=1S/C19H21FN4OS.ClH/c1-11-15-9-17(18(25)22-16-4-2-3-12(16)10-21)26-19(15)24(23-11)14-7-5-13(20)6-8-14;/h5-9,12,16H,2-4,10,21H2,1H3,(H,22,25);1H. The number of nitrogens with zero attached hydrogens (tertiary/aromatic N) is 2.